The Morgan fingerprint density at radius 2 is 1.43 bits per heavy atom. The second-order valence-electron chi connectivity index (χ2n) is 12.7. The molecule has 0 N–H and O–H groups in total. The van der Waals surface area contributed by atoms with Crippen molar-refractivity contribution in [3.05, 3.63) is 132 Å². The Bertz CT molecular complexity index is 2210. The molecule has 6 heteroatoms. The van der Waals surface area contributed by atoms with Crippen LogP contribution < -0.4 is 4.74 Å². The zero-order valence-electron chi connectivity index (χ0n) is 27.0. The molecule has 7 rings (SSSR count). The highest BCUT2D eigenvalue weighted by Gasteiger charge is 2.21. The van der Waals surface area contributed by atoms with E-state index in [1.807, 2.05) is 70.0 Å². The molecule has 0 radical (unpaired) electrons. The molecular formula is C40H37FN4O. The molecule has 0 atom stereocenters. The lowest BCUT2D eigenvalue weighted by molar-refractivity contribution is 0.483. The summed E-state index contributed by atoms with van der Waals surface area (Å²) in [5.41, 5.74) is 10.6. The van der Waals surface area contributed by atoms with Crippen LogP contribution in [0.15, 0.2) is 104 Å². The van der Waals surface area contributed by atoms with Crippen LogP contribution in [0.25, 0.3) is 44.4 Å². The first-order valence-electron chi connectivity index (χ1n) is 15.8. The monoisotopic (exact) mass is 608 g/mol. The van der Waals surface area contributed by atoms with Gasteiger partial charge in [-0.1, -0.05) is 58.0 Å². The zero-order valence-corrected chi connectivity index (χ0v) is 27.0. The maximum atomic E-state index is 14.3. The fourth-order valence-electron chi connectivity index (χ4n) is 7.01. The van der Waals surface area contributed by atoms with E-state index >= 15 is 0 Å². The van der Waals surface area contributed by atoms with Crippen molar-refractivity contribution in [1.82, 2.24) is 19.3 Å². The van der Waals surface area contributed by atoms with E-state index in [2.05, 4.69) is 70.9 Å². The standard InChI is InChI=1S/C40H37FN4O/c1-24(2)38-26(5)18-27(6)39(25(3)4)40(38)28-22-43-44(23-28)30-10-9-11-31(20-30)46-32-14-15-34-33-12-7-8-13-35(33)45(36(34)21-32)37-19-29(41)16-17-42-37/h7-25H,1-6H3. The van der Waals surface area contributed by atoms with Crippen molar-refractivity contribution in [2.24, 2.45) is 0 Å². The normalized spacial score (nSPS) is 11.8. The third-order valence-corrected chi connectivity index (χ3v) is 8.75. The van der Waals surface area contributed by atoms with Crippen LogP contribution in [0, 0.1) is 19.7 Å². The number of rotatable bonds is 7. The molecule has 0 fully saturated rings. The molecule has 0 saturated heterocycles. The fraction of sp³-hybridized carbons (Fsp3) is 0.200. The van der Waals surface area contributed by atoms with E-state index < -0.39 is 0 Å². The summed E-state index contributed by atoms with van der Waals surface area (Å²) in [4.78, 5) is 4.48. The molecule has 7 aromatic rings. The van der Waals surface area contributed by atoms with Gasteiger partial charge < -0.3 is 4.74 Å². The molecule has 3 heterocycles. The average molecular weight is 609 g/mol. The minimum absolute atomic E-state index is 0.333. The summed E-state index contributed by atoms with van der Waals surface area (Å²) in [7, 11) is 0. The van der Waals surface area contributed by atoms with Gasteiger partial charge in [0.15, 0.2) is 0 Å². The van der Waals surface area contributed by atoms with Gasteiger partial charge in [0, 0.05) is 46.9 Å². The van der Waals surface area contributed by atoms with Crippen LogP contribution in [-0.2, 0) is 0 Å². The molecule has 46 heavy (non-hydrogen) atoms. The van der Waals surface area contributed by atoms with Crippen LogP contribution in [0.4, 0.5) is 4.39 Å². The molecule has 0 unspecified atom stereocenters. The predicted molar refractivity (Wildman–Crippen MR) is 185 cm³/mol. The Balaban J connectivity index is 1.26. The van der Waals surface area contributed by atoms with E-state index in [1.165, 1.54) is 46.1 Å². The third kappa shape index (κ3) is 5.14. The van der Waals surface area contributed by atoms with Gasteiger partial charge in [0.1, 0.15) is 23.1 Å². The SMILES string of the molecule is Cc1cc(C)c(C(C)C)c(-c2cnn(-c3cccc(Oc4ccc5c6ccccc6n(-c6cc(F)ccn6)c5c4)c3)c2)c1C(C)C. The van der Waals surface area contributed by atoms with Crippen molar-refractivity contribution < 1.29 is 9.13 Å². The molecule has 0 aliphatic rings. The summed E-state index contributed by atoms with van der Waals surface area (Å²) in [5, 5.41) is 6.92. The largest absolute Gasteiger partial charge is 0.457 e. The second kappa shape index (κ2) is 11.6. The van der Waals surface area contributed by atoms with Crippen LogP contribution >= 0.6 is 0 Å². The van der Waals surface area contributed by atoms with Gasteiger partial charge in [0.2, 0.25) is 0 Å². The molecule has 3 aromatic heterocycles. The van der Waals surface area contributed by atoms with Gasteiger partial charge in [-0.15, -0.1) is 0 Å². The third-order valence-electron chi connectivity index (χ3n) is 8.75. The number of ether oxygens (including phenoxy) is 1. The molecule has 0 bridgehead atoms. The summed E-state index contributed by atoms with van der Waals surface area (Å²) < 4.78 is 24.6. The van der Waals surface area contributed by atoms with Crippen LogP contribution in [0.3, 0.4) is 0 Å². The number of para-hydroxylation sites is 1. The first-order chi connectivity index (χ1) is 22.2. The van der Waals surface area contributed by atoms with E-state index in [1.54, 1.807) is 0 Å². The van der Waals surface area contributed by atoms with Gasteiger partial charge in [0.25, 0.3) is 0 Å². The summed E-state index contributed by atoms with van der Waals surface area (Å²) in [6.45, 7) is 13.5. The molecule has 0 spiro atoms. The predicted octanol–water partition coefficient (Wildman–Crippen LogP) is 10.8. The topological polar surface area (TPSA) is 44.9 Å². The number of hydrogen-bond donors (Lipinski definition) is 0. The van der Waals surface area contributed by atoms with Crippen molar-refractivity contribution in [1.29, 1.82) is 0 Å². The molecule has 5 nitrogen and oxygen atoms in total. The summed E-state index contributed by atoms with van der Waals surface area (Å²) in [6, 6.07) is 27.2. The summed E-state index contributed by atoms with van der Waals surface area (Å²) in [6.07, 6.45) is 5.60. The zero-order chi connectivity index (χ0) is 32.1. The average Bonchev–Trinajstić information content (AvgIpc) is 3.64. The molecule has 0 saturated carbocycles. The minimum atomic E-state index is -0.333. The fourth-order valence-corrected chi connectivity index (χ4v) is 7.01. The van der Waals surface area contributed by atoms with Crippen molar-refractivity contribution in [3.63, 3.8) is 0 Å². The second-order valence-corrected chi connectivity index (χ2v) is 12.7. The van der Waals surface area contributed by atoms with E-state index in [0.717, 1.165) is 33.1 Å². The molecule has 4 aromatic carbocycles. The number of halogens is 1. The van der Waals surface area contributed by atoms with Crippen molar-refractivity contribution in [3.8, 4) is 34.1 Å². The number of aromatic nitrogens is 4. The number of benzene rings is 4. The van der Waals surface area contributed by atoms with Crippen molar-refractivity contribution in [2.45, 2.75) is 53.4 Å². The number of pyridine rings is 1. The summed E-state index contributed by atoms with van der Waals surface area (Å²) in [5.74, 6) is 2.33. The van der Waals surface area contributed by atoms with Gasteiger partial charge in [-0.3, -0.25) is 4.57 Å². The lowest BCUT2D eigenvalue weighted by Crippen LogP contribution is -2.05. The van der Waals surface area contributed by atoms with Crippen molar-refractivity contribution in [2.75, 3.05) is 0 Å². The smallest absolute Gasteiger partial charge is 0.140 e. The Hall–Kier alpha value is -5.23. The lowest BCUT2D eigenvalue weighted by atomic mass is 9.81. The minimum Gasteiger partial charge on any atom is -0.457 e. The Morgan fingerprint density at radius 3 is 2.17 bits per heavy atom. The Kier molecular flexibility index (Phi) is 7.44. The van der Waals surface area contributed by atoms with Gasteiger partial charge in [-0.05, 0) is 89.9 Å². The van der Waals surface area contributed by atoms with Crippen LogP contribution in [0.1, 0.15) is 61.8 Å². The van der Waals surface area contributed by atoms with E-state index in [0.29, 0.717) is 29.2 Å². The number of hydrogen-bond acceptors (Lipinski definition) is 3. The Labute approximate surface area is 268 Å². The maximum absolute atomic E-state index is 14.3. The lowest BCUT2D eigenvalue weighted by Gasteiger charge is -2.23. The molecule has 230 valence electrons. The van der Waals surface area contributed by atoms with Gasteiger partial charge in [0.05, 0.1) is 22.9 Å². The molecule has 0 aliphatic carbocycles. The van der Waals surface area contributed by atoms with E-state index in [9.17, 15) is 4.39 Å². The highest BCUT2D eigenvalue weighted by molar-refractivity contribution is 6.09. The van der Waals surface area contributed by atoms with Crippen LogP contribution in [-0.4, -0.2) is 19.3 Å². The van der Waals surface area contributed by atoms with Crippen molar-refractivity contribution >= 4 is 21.8 Å². The Morgan fingerprint density at radius 1 is 0.717 bits per heavy atom. The number of aryl methyl sites for hydroxylation is 2. The molecular weight excluding hydrogens is 571 g/mol. The number of nitrogens with zero attached hydrogens (tertiary/aromatic N) is 4. The van der Waals surface area contributed by atoms with Gasteiger partial charge >= 0.3 is 0 Å². The molecule has 0 amide bonds. The van der Waals surface area contributed by atoms with E-state index in [4.69, 9.17) is 9.84 Å². The van der Waals surface area contributed by atoms with Gasteiger partial charge in [-0.25, -0.2) is 14.1 Å². The maximum Gasteiger partial charge on any atom is 0.140 e. The van der Waals surface area contributed by atoms with E-state index in [-0.39, 0.29) is 5.82 Å². The first-order valence-corrected chi connectivity index (χ1v) is 15.8. The highest BCUT2D eigenvalue weighted by Crippen LogP contribution is 2.40. The number of fused-ring (bicyclic) bond motifs is 3. The van der Waals surface area contributed by atoms with Crippen LogP contribution in [0.2, 0.25) is 0 Å². The first kappa shape index (κ1) is 29.5. The quantitative estimate of drug-likeness (QED) is 0.181. The van der Waals surface area contributed by atoms with Crippen LogP contribution in [0.5, 0.6) is 11.5 Å². The highest BCUT2D eigenvalue weighted by atomic mass is 19.1. The summed E-state index contributed by atoms with van der Waals surface area (Å²) >= 11 is 0. The molecule has 0 aliphatic heterocycles. The van der Waals surface area contributed by atoms with Gasteiger partial charge in [-0.2, -0.15) is 5.10 Å².